The first-order chi connectivity index (χ1) is 7.31. The lowest BCUT2D eigenvalue weighted by Gasteiger charge is -2.02. The number of aromatic nitrogens is 2. The van der Waals surface area contributed by atoms with Crippen molar-refractivity contribution in [3.05, 3.63) is 15.9 Å². The fraction of sp³-hybridized carbons (Fsp3) is 0.571. The van der Waals surface area contributed by atoms with Gasteiger partial charge in [-0.1, -0.05) is 0 Å². The van der Waals surface area contributed by atoms with Gasteiger partial charge in [-0.05, 0) is 9.91 Å². The minimum Gasteiger partial charge on any atom is -0.358 e. The fourth-order valence-electron chi connectivity index (χ4n) is 1.24. The van der Waals surface area contributed by atoms with Crippen LogP contribution in [0, 0.1) is 17.0 Å². The second-order valence-corrected chi connectivity index (χ2v) is 5.51. The Kier molecular flexibility index (Phi) is 3.54. The molecule has 0 aliphatic rings. The molecular weight excluding hydrogens is 258 g/mol. The molecule has 0 aromatic carbocycles. The lowest BCUT2D eigenvalue weighted by atomic mass is 10.7. The summed E-state index contributed by atoms with van der Waals surface area (Å²) in [6, 6.07) is 0. The Morgan fingerprint density at radius 1 is 1.56 bits per heavy atom. The number of hydrogen-bond acceptors (Lipinski definition) is 5. The molecule has 0 aliphatic carbocycles. The molecule has 0 aliphatic heterocycles. The maximum atomic E-state index is 11.7. The largest absolute Gasteiger partial charge is 0.401 e. The van der Waals surface area contributed by atoms with Gasteiger partial charge >= 0.3 is 5.82 Å². The molecule has 1 heterocycles. The lowest BCUT2D eigenvalue weighted by molar-refractivity contribution is -0.392. The van der Waals surface area contributed by atoms with Gasteiger partial charge in [0, 0.05) is 19.9 Å². The minimum absolute atomic E-state index is 0.121. The molecule has 0 fully saturated rings. The van der Waals surface area contributed by atoms with Gasteiger partial charge in [0.2, 0.25) is 20.7 Å². The van der Waals surface area contributed by atoms with E-state index in [2.05, 4.69) is 4.98 Å². The summed E-state index contributed by atoms with van der Waals surface area (Å²) in [6.07, 6.45) is 0. The summed E-state index contributed by atoms with van der Waals surface area (Å²) in [5.41, 5.74) is 0. The van der Waals surface area contributed by atoms with Crippen LogP contribution in [-0.4, -0.2) is 34.5 Å². The molecule has 0 radical (unpaired) electrons. The van der Waals surface area contributed by atoms with Gasteiger partial charge in [-0.15, -0.1) is 11.6 Å². The number of halogens is 1. The molecule has 0 spiro atoms. The molecule has 0 saturated carbocycles. The molecule has 0 amide bonds. The van der Waals surface area contributed by atoms with E-state index < -0.39 is 25.6 Å². The van der Waals surface area contributed by atoms with Crippen LogP contribution in [0.1, 0.15) is 5.82 Å². The van der Waals surface area contributed by atoms with Crippen molar-refractivity contribution in [1.82, 2.24) is 9.55 Å². The molecule has 7 nitrogen and oxygen atoms in total. The summed E-state index contributed by atoms with van der Waals surface area (Å²) >= 11 is 5.35. The van der Waals surface area contributed by atoms with E-state index in [4.69, 9.17) is 11.6 Å². The SMILES string of the molecule is Cc1nc([N+](=O)[O-])c(S(=O)(=O)CCCl)n1C. The van der Waals surface area contributed by atoms with Crippen LogP contribution in [0.5, 0.6) is 0 Å². The third-order valence-corrected chi connectivity index (χ3v) is 4.26. The van der Waals surface area contributed by atoms with Crippen molar-refractivity contribution < 1.29 is 13.3 Å². The topological polar surface area (TPSA) is 95.1 Å². The minimum atomic E-state index is -3.77. The first-order valence-electron chi connectivity index (χ1n) is 4.27. The predicted molar refractivity (Wildman–Crippen MR) is 57.4 cm³/mol. The molecule has 1 aromatic heterocycles. The Morgan fingerprint density at radius 2 is 2.12 bits per heavy atom. The number of aryl methyl sites for hydroxylation is 1. The second-order valence-electron chi connectivity index (χ2n) is 3.11. The molecule has 1 rings (SSSR count). The molecule has 0 saturated heterocycles. The van der Waals surface area contributed by atoms with E-state index in [0.29, 0.717) is 0 Å². The van der Waals surface area contributed by atoms with Crippen LogP contribution in [-0.2, 0) is 16.9 Å². The number of nitrogens with zero attached hydrogens (tertiary/aromatic N) is 3. The van der Waals surface area contributed by atoms with E-state index in [1.807, 2.05) is 0 Å². The summed E-state index contributed by atoms with van der Waals surface area (Å²) in [5, 5.41) is 10.3. The van der Waals surface area contributed by atoms with Gasteiger partial charge in [-0.25, -0.2) is 8.42 Å². The standard InChI is InChI=1S/C7H10ClN3O4S/c1-5-9-6(11(12)13)7(10(5)2)16(14,15)4-3-8/h3-4H2,1-2H3. The van der Waals surface area contributed by atoms with Gasteiger partial charge in [0.05, 0.1) is 5.75 Å². The summed E-state index contributed by atoms with van der Waals surface area (Å²) in [5.74, 6) is -0.858. The highest BCUT2D eigenvalue weighted by molar-refractivity contribution is 7.91. The molecule has 0 bridgehead atoms. The van der Waals surface area contributed by atoms with E-state index in [9.17, 15) is 18.5 Å². The number of sulfone groups is 1. The van der Waals surface area contributed by atoms with Crippen molar-refractivity contribution in [2.75, 3.05) is 11.6 Å². The molecule has 0 unspecified atom stereocenters. The smallest absolute Gasteiger partial charge is 0.358 e. The zero-order chi connectivity index (χ0) is 12.5. The Balaban J connectivity index is 3.48. The maximum absolute atomic E-state index is 11.7. The van der Waals surface area contributed by atoms with Gasteiger partial charge in [0.15, 0.2) is 0 Å². The summed E-state index contributed by atoms with van der Waals surface area (Å²) in [6.45, 7) is 1.49. The number of nitro groups is 1. The van der Waals surface area contributed by atoms with E-state index in [1.165, 1.54) is 18.5 Å². The zero-order valence-corrected chi connectivity index (χ0v) is 10.2. The highest BCUT2D eigenvalue weighted by Crippen LogP contribution is 2.24. The van der Waals surface area contributed by atoms with Crippen LogP contribution < -0.4 is 0 Å². The van der Waals surface area contributed by atoms with Crippen LogP contribution in [0.4, 0.5) is 5.82 Å². The van der Waals surface area contributed by atoms with Crippen LogP contribution in [0.25, 0.3) is 0 Å². The van der Waals surface area contributed by atoms with E-state index in [-0.39, 0.29) is 17.5 Å². The third-order valence-electron chi connectivity index (χ3n) is 2.06. The monoisotopic (exact) mass is 267 g/mol. The quantitative estimate of drug-likeness (QED) is 0.453. The van der Waals surface area contributed by atoms with Gasteiger partial charge < -0.3 is 10.1 Å². The Bertz CT molecular complexity index is 522. The fourth-order valence-corrected chi connectivity index (χ4v) is 3.19. The molecular formula is C7H10ClN3O4S. The Hall–Kier alpha value is -1.15. The molecule has 0 atom stereocenters. The Morgan fingerprint density at radius 3 is 2.56 bits per heavy atom. The van der Waals surface area contributed by atoms with Crippen molar-refractivity contribution in [3.63, 3.8) is 0 Å². The number of rotatable bonds is 4. The third kappa shape index (κ3) is 2.17. The van der Waals surface area contributed by atoms with E-state index in [0.717, 1.165) is 0 Å². The van der Waals surface area contributed by atoms with Crippen molar-refractivity contribution in [3.8, 4) is 0 Å². The van der Waals surface area contributed by atoms with E-state index in [1.54, 1.807) is 0 Å². The van der Waals surface area contributed by atoms with Crippen molar-refractivity contribution in [1.29, 1.82) is 0 Å². The lowest BCUT2D eigenvalue weighted by Crippen LogP contribution is -2.14. The number of hydrogen-bond donors (Lipinski definition) is 0. The van der Waals surface area contributed by atoms with Gasteiger partial charge in [0.1, 0.15) is 0 Å². The van der Waals surface area contributed by atoms with Gasteiger partial charge in [0.25, 0.3) is 0 Å². The first-order valence-corrected chi connectivity index (χ1v) is 6.46. The first kappa shape index (κ1) is 12.9. The van der Waals surface area contributed by atoms with Crippen molar-refractivity contribution in [2.24, 2.45) is 7.05 Å². The van der Waals surface area contributed by atoms with Crippen LogP contribution in [0.3, 0.4) is 0 Å². The second kappa shape index (κ2) is 4.38. The average Bonchev–Trinajstić information content (AvgIpc) is 2.44. The van der Waals surface area contributed by atoms with Gasteiger partial charge in [-0.2, -0.15) is 0 Å². The normalized spacial score (nSPS) is 11.7. The van der Waals surface area contributed by atoms with Gasteiger partial charge in [-0.3, -0.25) is 4.57 Å². The summed E-state index contributed by atoms with van der Waals surface area (Å²) in [4.78, 5) is 13.5. The number of alkyl halides is 1. The molecule has 0 N–H and O–H groups in total. The average molecular weight is 268 g/mol. The highest BCUT2D eigenvalue weighted by atomic mass is 35.5. The van der Waals surface area contributed by atoms with E-state index >= 15 is 0 Å². The highest BCUT2D eigenvalue weighted by Gasteiger charge is 2.33. The molecule has 16 heavy (non-hydrogen) atoms. The van der Waals surface area contributed by atoms with Crippen molar-refractivity contribution in [2.45, 2.75) is 11.9 Å². The summed E-state index contributed by atoms with van der Waals surface area (Å²) in [7, 11) is -2.36. The number of imidazole rings is 1. The van der Waals surface area contributed by atoms with Crippen molar-refractivity contribution >= 4 is 27.3 Å². The molecule has 90 valence electrons. The summed E-state index contributed by atoms with van der Waals surface area (Å²) < 4.78 is 24.7. The zero-order valence-electron chi connectivity index (χ0n) is 8.68. The molecule has 1 aromatic rings. The van der Waals surface area contributed by atoms with Crippen LogP contribution in [0.15, 0.2) is 5.03 Å². The Labute approximate surface area is 97.1 Å². The molecule has 9 heteroatoms. The van der Waals surface area contributed by atoms with Crippen LogP contribution in [0.2, 0.25) is 0 Å². The maximum Gasteiger partial charge on any atom is 0.401 e. The van der Waals surface area contributed by atoms with Crippen LogP contribution >= 0.6 is 11.6 Å². The predicted octanol–water partition coefficient (Wildman–Crippen LogP) is 0.649.